The summed E-state index contributed by atoms with van der Waals surface area (Å²) in [5.41, 5.74) is 2.61. The first-order valence-corrected chi connectivity index (χ1v) is 14.8. The average molecular weight is 578 g/mol. The molecule has 0 radical (unpaired) electrons. The fourth-order valence-electron chi connectivity index (χ4n) is 5.31. The third-order valence-electron chi connectivity index (χ3n) is 7.61. The summed E-state index contributed by atoms with van der Waals surface area (Å²) in [6.45, 7) is 4.19. The molecule has 6 rings (SSSR count). The summed E-state index contributed by atoms with van der Waals surface area (Å²) in [4.78, 5) is 15.5. The molecule has 1 aliphatic heterocycles. The van der Waals surface area contributed by atoms with Crippen LogP contribution < -0.4 is 19.6 Å². The number of phenolic OH excluding ortho intramolecular Hbond substituents is 1. The van der Waals surface area contributed by atoms with Crippen LogP contribution in [0.4, 0.5) is 0 Å². The highest BCUT2D eigenvalue weighted by molar-refractivity contribution is 5.86. The van der Waals surface area contributed by atoms with Crippen LogP contribution in [0.1, 0.15) is 30.4 Å². The number of aromatic hydroxyl groups is 1. The lowest BCUT2D eigenvalue weighted by atomic mass is 10.1. The van der Waals surface area contributed by atoms with Crippen LogP contribution in [0.25, 0.3) is 22.3 Å². The van der Waals surface area contributed by atoms with Gasteiger partial charge in [0.2, 0.25) is 0 Å². The Hall–Kier alpha value is -4.75. The molecule has 1 N–H and O–H groups in total. The SMILES string of the molecule is O=c1cc(-c2ccc(OCc3ccccc3)c(OCc3ccccc3)c2)oc2cc(OCCN3CCCCC3)cc(O)c12. The quantitative estimate of drug-likeness (QED) is 0.178. The second-order valence-corrected chi connectivity index (χ2v) is 10.8. The predicted molar refractivity (Wildman–Crippen MR) is 167 cm³/mol. The molecule has 220 valence electrons. The maximum absolute atomic E-state index is 13.1. The minimum Gasteiger partial charge on any atom is -0.507 e. The first-order valence-electron chi connectivity index (χ1n) is 14.8. The van der Waals surface area contributed by atoms with Crippen LogP contribution in [0.15, 0.2) is 106 Å². The van der Waals surface area contributed by atoms with Crippen molar-refractivity contribution in [2.24, 2.45) is 0 Å². The number of ether oxygens (including phenoxy) is 3. The van der Waals surface area contributed by atoms with Crippen LogP contribution >= 0.6 is 0 Å². The number of hydrogen-bond acceptors (Lipinski definition) is 7. The average Bonchev–Trinajstić information content (AvgIpc) is 3.04. The lowest BCUT2D eigenvalue weighted by molar-refractivity contribution is 0.183. The number of hydrogen-bond donors (Lipinski definition) is 1. The van der Waals surface area contributed by atoms with E-state index in [1.54, 1.807) is 6.07 Å². The van der Waals surface area contributed by atoms with E-state index in [1.807, 2.05) is 78.9 Å². The third kappa shape index (κ3) is 7.19. The number of nitrogens with zero attached hydrogens (tertiary/aromatic N) is 1. The smallest absolute Gasteiger partial charge is 0.197 e. The summed E-state index contributed by atoms with van der Waals surface area (Å²) < 4.78 is 24.5. The highest BCUT2D eigenvalue weighted by atomic mass is 16.5. The number of likely N-dealkylation sites (tertiary alicyclic amines) is 1. The van der Waals surface area contributed by atoms with Crippen molar-refractivity contribution in [2.45, 2.75) is 32.5 Å². The van der Waals surface area contributed by atoms with E-state index in [0.29, 0.717) is 48.4 Å². The number of rotatable bonds is 11. The lowest BCUT2D eigenvalue weighted by Crippen LogP contribution is -2.33. The molecular formula is C36H35NO6. The van der Waals surface area contributed by atoms with Gasteiger partial charge >= 0.3 is 0 Å². The van der Waals surface area contributed by atoms with Gasteiger partial charge in [0.05, 0.1) is 0 Å². The van der Waals surface area contributed by atoms with Gasteiger partial charge in [0.25, 0.3) is 0 Å². The molecule has 1 fully saturated rings. The van der Waals surface area contributed by atoms with Gasteiger partial charge in [-0.05, 0) is 55.3 Å². The standard InChI is InChI=1S/C36H35NO6/c38-30-21-29(40-19-18-37-16-8-3-9-17-37)22-35-36(30)31(39)23-33(43-35)28-14-15-32(41-24-26-10-4-1-5-11-26)34(20-28)42-25-27-12-6-2-7-13-27/h1-2,4-7,10-15,20-23,38H,3,8-9,16-19,24-25H2. The van der Waals surface area contributed by atoms with E-state index in [4.69, 9.17) is 18.6 Å². The Kier molecular flexibility index (Phi) is 8.90. The minimum absolute atomic E-state index is 0.121. The second-order valence-electron chi connectivity index (χ2n) is 10.8. The van der Waals surface area contributed by atoms with Crippen molar-refractivity contribution in [1.29, 1.82) is 0 Å². The number of phenols is 1. The van der Waals surface area contributed by atoms with Crippen molar-refractivity contribution in [1.82, 2.24) is 4.90 Å². The van der Waals surface area contributed by atoms with Crippen molar-refractivity contribution in [3.63, 3.8) is 0 Å². The zero-order valence-electron chi connectivity index (χ0n) is 24.0. The maximum atomic E-state index is 13.1. The van der Waals surface area contributed by atoms with Gasteiger partial charge in [-0.2, -0.15) is 0 Å². The Morgan fingerprint density at radius 2 is 1.40 bits per heavy atom. The summed E-state index contributed by atoms with van der Waals surface area (Å²) in [5, 5.41) is 10.8. The largest absolute Gasteiger partial charge is 0.507 e. The Balaban J connectivity index is 1.26. The minimum atomic E-state index is -0.343. The first-order chi connectivity index (χ1) is 21.1. The number of fused-ring (bicyclic) bond motifs is 1. The Labute approximate surface area is 250 Å². The van der Waals surface area contributed by atoms with E-state index >= 15 is 0 Å². The monoisotopic (exact) mass is 577 g/mol. The lowest BCUT2D eigenvalue weighted by Gasteiger charge is -2.26. The van der Waals surface area contributed by atoms with Crippen molar-refractivity contribution in [2.75, 3.05) is 26.2 Å². The number of piperidine rings is 1. The van der Waals surface area contributed by atoms with Gasteiger partial charge < -0.3 is 23.7 Å². The molecule has 0 amide bonds. The van der Waals surface area contributed by atoms with Gasteiger partial charge in [-0.15, -0.1) is 0 Å². The predicted octanol–water partition coefficient (Wildman–Crippen LogP) is 7.19. The Morgan fingerprint density at radius 1 is 0.721 bits per heavy atom. The molecule has 7 heteroatoms. The number of benzene rings is 4. The molecule has 0 atom stereocenters. The van der Waals surface area contributed by atoms with Crippen molar-refractivity contribution >= 4 is 11.0 Å². The van der Waals surface area contributed by atoms with Gasteiger partial charge in [-0.1, -0.05) is 67.1 Å². The molecule has 1 aromatic heterocycles. The third-order valence-corrected chi connectivity index (χ3v) is 7.61. The summed E-state index contributed by atoms with van der Waals surface area (Å²) >= 11 is 0. The van der Waals surface area contributed by atoms with Crippen LogP contribution in [-0.4, -0.2) is 36.2 Å². The van der Waals surface area contributed by atoms with E-state index in [1.165, 1.54) is 31.4 Å². The van der Waals surface area contributed by atoms with Crippen LogP contribution in [0.2, 0.25) is 0 Å². The topological polar surface area (TPSA) is 81.4 Å². The van der Waals surface area contributed by atoms with Crippen LogP contribution in [0, 0.1) is 0 Å². The summed E-state index contributed by atoms with van der Waals surface area (Å²) in [5.74, 6) is 1.74. The van der Waals surface area contributed by atoms with Crippen LogP contribution in [-0.2, 0) is 13.2 Å². The molecule has 4 aromatic carbocycles. The summed E-state index contributed by atoms with van der Waals surface area (Å²) in [7, 11) is 0. The fourth-order valence-corrected chi connectivity index (χ4v) is 5.31. The molecule has 2 heterocycles. The molecule has 5 aromatic rings. The van der Waals surface area contributed by atoms with E-state index in [9.17, 15) is 9.90 Å². The highest BCUT2D eigenvalue weighted by Gasteiger charge is 2.16. The van der Waals surface area contributed by atoms with Crippen LogP contribution in [0.3, 0.4) is 0 Å². The molecule has 0 aliphatic carbocycles. The molecule has 0 unspecified atom stereocenters. The van der Waals surface area contributed by atoms with Gasteiger partial charge in [-0.3, -0.25) is 9.69 Å². The van der Waals surface area contributed by atoms with Crippen molar-refractivity contribution in [3.8, 4) is 34.3 Å². The van der Waals surface area contributed by atoms with E-state index in [2.05, 4.69) is 4.90 Å². The van der Waals surface area contributed by atoms with E-state index in [-0.39, 0.29) is 22.1 Å². The van der Waals surface area contributed by atoms with Crippen LogP contribution in [0.5, 0.6) is 23.0 Å². The maximum Gasteiger partial charge on any atom is 0.197 e. The molecule has 1 saturated heterocycles. The van der Waals surface area contributed by atoms with Gasteiger partial charge in [0.1, 0.15) is 48.0 Å². The molecular weight excluding hydrogens is 542 g/mol. The van der Waals surface area contributed by atoms with Gasteiger partial charge in [0, 0.05) is 30.3 Å². The molecule has 1 aliphatic rings. The summed E-state index contributed by atoms with van der Waals surface area (Å²) in [6, 6.07) is 29.8. The van der Waals surface area contributed by atoms with Gasteiger partial charge in [-0.25, -0.2) is 0 Å². The molecule has 0 spiro atoms. The second kappa shape index (κ2) is 13.5. The molecule has 0 bridgehead atoms. The first kappa shape index (κ1) is 28.4. The van der Waals surface area contributed by atoms with Gasteiger partial charge in [0.15, 0.2) is 16.9 Å². The van der Waals surface area contributed by atoms with E-state index < -0.39 is 0 Å². The fraction of sp³-hybridized carbons (Fsp3) is 0.250. The van der Waals surface area contributed by atoms with Crippen molar-refractivity contribution in [3.05, 3.63) is 118 Å². The molecule has 0 saturated carbocycles. The zero-order chi connectivity index (χ0) is 29.4. The molecule has 7 nitrogen and oxygen atoms in total. The highest BCUT2D eigenvalue weighted by Crippen LogP contribution is 2.36. The van der Waals surface area contributed by atoms with Crippen molar-refractivity contribution < 1.29 is 23.7 Å². The Bertz CT molecular complexity index is 1710. The van der Waals surface area contributed by atoms with E-state index in [0.717, 1.165) is 30.8 Å². The Morgan fingerprint density at radius 3 is 2.09 bits per heavy atom. The normalized spacial score (nSPS) is 13.6. The zero-order valence-corrected chi connectivity index (χ0v) is 24.0. The molecule has 43 heavy (non-hydrogen) atoms. The summed E-state index contributed by atoms with van der Waals surface area (Å²) in [6.07, 6.45) is 3.70.